The molecule has 0 radical (unpaired) electrons. The number of pyridine rings is 3. The zero-order valence-electron chi connectivity index (χ0n) is 13.3. The molecule has 0 saturated carbocycles. The molecule has 5 heteroatoms. The van der Waals surface area contributed by atoms with E-state index < -0.39 is 0 Å². The summed E-state index contributed by atoms with van der Waals surface area (Å²) in [6.45, 7) is 2.78. The highest BCUT2D eigenvalue weighted by Crippen LogP contribution is 2.31. The Labute approximate surface area is 139 Å². The van der Waals surface area contributed by atoms with E-state index in [1.807, 2.05) is 36.8 Å². The smallest absolute Gasteiger partial charge is 0.140 e. The van der Waals surface area contributed by atoms with Crippen molar-refractivity contribution >= 4 is 16.9 Å². The number of nitrogens with one attached hydrogen (secondary N) is 2. The van der Waals surface area contributed by atoms with Crippen molar-refractivity contribution in [3.8, 4) is 11.1 Å². The van der Waals surface area contributed by atoms with Gasteiger partial charge in [-0.25, -0.2) is 4.98 Å². The average molecular weight is 315 g/mol. The quantitative estimate of drug-likeness (QED) is 0.598. The molecule has 0 aliphatic heterocycles. The number of H-pyrrole nitrogens is 1. The van der Waals surface area contributed by atoms with Gasteiger partial charge in [0.2, 0.25) is 0 Å². The van der Waals surface area contributed by atoms with Crippen LogP contribution in [0, 0.1) is 6.92 Å². The van der Waals surface area contributed by atoms with Crippen molar-refractivity contribution in [1.82, 2.24) is 19.9 Å². The maximum Gasteiger partial charge on any atom is 0.140 e. The molecule has 0 aromatic carbocycles. The summed E-state index contributed by atoms with van der Waals surface area (Å²) in [6.07, 6.45) is 9.22. The van der Waals surface area contributed by atoms with E-state index in [9.17, 15) is 0 Å². The van der Waals surface area contributed by atoms with Crippen LogP contribution in [0.5, 0.6) is 0 Å². The molecule has 0 atom stereocenters. The van der Waals surface area contributed by atoms with E-state index in [-0.39, 0.29) is 0 Å². The average Bonchev–Trinajstić information content (AvgIpc) is 3.09. The molecule has 0 amide bonds. The van der Waals surface area contributed by atoms with Crippen molar-refractivity contribution < 1.29 is 0 Å². The van der Waals surface area contributed by atoms with Crippen molar-refractivity contribution in [2.24, 2.45) is 0 Å². The summed E-state index contributed by atoms with van der Waals surface area (Å²) in [5.41, 5.74) is 5.51. The van der Waals surface area contributed by atoms with Crippen molar-refractivity contribution in [1.29, 1.82) is 0 Å². The van der Waals surface area contributed by atoms with E-state index in [0.717, 1.165) is 28.0 Å². The number of anilines is 1. The van der Waals surface area contributed by atoms with Crippen LogP contribution in [-0.4, -0.2) is 19.9 Å². The van der Waals surface area contributed by atoms with E-state index in [2.05, 4.69) is 44.3 Å². The Morgan fingerprint density at radius 3 is 2.67 bits per heavy atom. The van der Waals surface area contributed by atoms with Crippen LogP contribution in [0.25, 0.3) is 22.2 Å². The summed E-state index contributed by atoms with van der Waals surface area (Å²) in [6, 6.07) is 10.2. The molecule has 5 nitrogen and oxygen atoms in total. The fourth-order valence-corrected chi connectivity index (χ4v) is 2.82. The minimum atomic E-state index is 0.705. The minimum absolute atomic E-state index is 0.705. The van der Waals surface area contributed by atoms with Gasteiger partial charge in [0.25, 0.3) is 0 Å². The molecule has 0 aliphatic carbocycles. The second-order valence-corrected chi connectivity index (χ2v) is 5.69. The molecular formula is C19H17N5. The van der Waals surface area contributed by atoms with E-state index in [0.29, 0.717) is 6.54 Å². The highest BCUT2D eigenvalue weighted by molar-refractivity contribution is 5.95. The first-order chi connectivity index (χ1) is 11.8. The molecule has 118 valence electrons. The lowest BCUT2D eigenvalue weighted by Crippen LogP contribution is -2.02. The second kappa shape index (κ2) is 6.12. The standard InChI is InChI=1S/C19H17N5/c1-13-11-21-8-4-15(13)17-10-18(24-19-16(17)5-9-22-19)23-12-14-2-6-20-7-3-14/h2-11H,12H2,1H3,(H2,22,23,24). The monoisotopic (exact) mass is 315 g/mol. The Hall–Kier alpha value is -3.21. The topological polar surface area (TPSA) is 66.5 Å². The van der Waals surface area contributed by atoms with Crippen LogP contribution in [0.15, 0.2) is 61.3 Å². The minimum Gasteiger partial charge on any atom is -0.366 e. The van der Waals surface area contributed by atoms with E-state index in [1.165, 1.54) is 11.1 Å². The lowest BCUT2D eigenvalue weighted by Gasteiger charge is -2.11. The van der Waals surface area contributed by atoms with Gasteiger partial charge in [0.1, 0.15) is 11.5 Å². The third kappa shape index (κ3) is 2.72. The van der Waals surface area contributed by atoms with Gasteiger partial charge in [0.15, 0.2) is 0 Å². The predicted molar refractivity (Wildman–Crippen MR) is 95.6 cm³/mol. The fraction of sp³-hybridized carbons (Fsp3) is 0.105. The zero-order chi connectivity index (χ0) is 16.4. The van der Waals surface area contributed by atoms with Crippen molar-refractivity contribution in [2.75, 3.05) is 5.32 Å². The number of fused-ring (bicyclic) bond motifs is 1. The number of hydrogen-bond donors (Lipinski definition) is 2. The lowest BCUT2D eigenvalue weighted by molar-refractivity contribution is 1.10. The molecule has 4 rings (SSSR count). The summed E-state index contributed by atoms with van der Waals surface area (Å²) in [4.78, 5) is 16.1. The maximum atomic E-state index is 4.67. The largest absolute Gasteiger partial charge is 0.366 e. The third-order valence-corrected chi connectivity index (χ3v) is 4.06. The fourth-order valence-electron chi connectivity index (χ4n) is 2.82. The van der Waals surface area contributed by atoms with E-state index in [4.69, 9.17) is 0 Å². The van der Waals surface area contributed by atoms with E-state index in [1.54, 1.807) is 12.4 Å². The predicted octanol–water partition coefficient (Wildman–Crippen LogP) is 3.94. The number of aryl methyl sites for hydroxylation is 1. The first kappa shape index (κ1) is 14.4. The van der Waals surface area contributed by atoms with Crippen LogP contribution in [0.1, 0.15) is 11.1 Å². The number of nitrogens with zero attached hydrogens (tertiary/aromatic N) is 3. The van der Waals surface area contributed by atoms with Gasteiger partial charge in [-0.15, -0.1) is 0 Å². The molecule has 0 fully saturated rings. The van der Waals surface area contributed by atoms with Crippen LogP contribution < -0.4 is 5.32 Å². The van der Waals surface area contributed by atoms with Crippen molar-refractivity contribution in [3.63, 3.8) is 0 Å². The van der Waals surface area contributed by atoms with Crippen LogP contribution in [0.2, 0.25) is 0 Å². The normalized spacial score (nSPS) is 10.9. The summed E-state index contributed by atoms with van der Waals surface area (Å²) < 4.78 is 0. The Kier molecular flexibility index (Phi) is 3.67. The van der Waals surface area contributed by atoms with Crippen LogP contribution in [0.4, 0.5) is 5.82 Å². The maximum absolute atomic E-state index is 4.67. The SMILES string of the molecule is Cc1cnccc1-c1cc(NCc2ccncc2)nc2[nH]ccc12. The number of aromatic amines is 1. The van der Waals surface area contributed by atoms with Crippen molar-refractivity contribution in [2.45, 2.75) is 13.5 Å². The number of hydrogen-bond acceptors (Lipinski definition) is 4. The molecule has 0 saturated heterocycles. The first-order valence-electron chi connectivity index (χ1n) is 7.83. The molecule has 4 aromatic heterocycles. The van der Waals surface area contributed by atoms with Gasteiger partial charge in [-0.3, -0.25) is 9.97 Å². The summed E-state index contributed by atoms with van der Waals surface area (Å²) >= 11 is 0. The summed E-state index contributed by atoms with van der Waals surface area (Å²) in [5.74, 6) is 0.841. The van der Waals surface area contributed by atoms with Crippen LogP contribution in [0.3, 0.4) is 0 Å². The highest BCUT2D eigenvalue weighted by Gasteiger charge is 2.10. The molecule has 4 heterocycles. The molecule has 0 unspecified atom stereocenters. The number of aromatic nitrogens is 4. The molecular weight excluding hydrogens is 298 g/mol. The second-order valence-electron chi connectivity index (χ2n) is 5.69. The van der Waals surface area contributed by atoms with Gasteiger partial charge in [0.05, 0.1) is 0 Å². The van der Waals surface area contributed by atoms with Gasteiger partial charge in [0, 0.05) is 42.9 Å². The van der Waals surface area contributed by atoms with Gasteiger partial charge < -0.3 is 10.3 Å². The van der Waals surface area contributed by atoms with E-state index >= 15 is 0 Å². The zero-order valence-corrected chi connectivity index (χ0v) is 13.3. The molecule has 24 heavy (non-hydrogen) atoms. The van der Waals surface area contributed by atoms with Gasteiger partial charge in [-0.05, 0) is 59.5 Å². The Balaban J connectivity index is 1.74. The summed E-state index contributed by atoms with van der Waals surface area (Å²) in [5, 5.41) is 4.51. The molecule has 4 aromatic rings. The number of rotatable bonds is 4. The Bertz CT molecular complexity index is 975. The van der Waals surface area contributed by atoms with Crippen LogP contribution in [-0.2, 0) is 6.54 Å². The lowest BCUT2D eigenvalue weighted by atomic mass is 10.0. The first-order valence-corrected chi connectivity index (χ1v) is 7.83. The highest BCUT2D eigenvalue weighted by atomic mass is 15.0. The molecule has 0 bridgehead atoms. The molecule has 0 aliphatic rings. The molecule has 2 N–H and O–H groups in total. The molecule has 0 spiro atoms. The van der Waals surface area contributed by atoms with Crippen LogP contribution >= 0.6 is 0 Å². The Morgan fingerprint density at radius 1 is 1.00 bits per heavy atom. The van der Waals surface area contributed by atoms with Gasteiger partial charge >= 0.3 is 0 Å². The third-order valence-electron chi connectivity index (χ3n) is 4.06. The van der Waals surface area contributed by atoms with Gasteiger partial charge in [-0.2, -0.15) is 0 Å². The van der Waals surface area contributed by atoms with Crippen molar-refractivity contribution in [3.05, 3.63) is 72.4 Å². The Morgan fingerprint density at radius 2 is 1.83 bits per heavy atom. The van der Waals surface area contributed by atoms with Gasteiger partial charge in [-0.1, -0.05) is 0 Å². The summed E-state index contributed by atoms with van der Waals surface area (Å²) in [7, 11) is 0.